The van der Waals surface area contributed by atoms with E-state index in [9.17, 15) is 20.4 Å². The Kier molecular flexibility index (Phi) is 7.27. The summed E-state index contributed by atoms with van der Waals surface area (Å²) in [5.41, 5.74) is 3.07. The molecule has 0 bridgehead atoms. The lowest BCUT2D eigenvalue weighted by atomic mass is 9.90. The number of ether oxygens (including phenoxy) is 1. The molecule has 12 nitrogen and oxygen atoms in total. The summed E-state index contributed by atoms with van der Waals surface area (Å²) < 4.78 is 6.68. The topological polar surface area (TPSA) is 156 Å². The predicted molar refractivity (Wildman–Crippen MR) is 147 cm³/mol. The Balaban J connectivity index is 1.53. The lowest BCUT2D eigenvalue weighted by Crippen LogP contribution is -2.47. The van der Waals surface area contributed by atoms with Gasteiger partial charge in [0.05, 0.1) is 35.6 Å². The second-order valence-corrected chi connectivity index (χ2v) is 9.54. The first-order chi connectivity index (χ1) is 19.3. The Morgan fingerprint density at radius 2 is 2.00 bits per heavy atom. The number of nitrogens with zero attached hydrogens (tertiary/aromatic N) is 8. The van der Waals surface area contributed by atoms with Crippen LogP contribution in [0, 0.1) is 22.7 Å². The minimum atomic E-state index is -1.000. The van der Waals surface area contributed by atoms with Crippen molar-refractivity contribution in [1.82, 2.24) is 24.5 Å². The van der Waals surface area contributed by atoms with Gasteiger partial charge in [-0.1, -0.05) is 23.7 Å². The monoisotopic (exact) mass is 557 g/mol. The number of carboxylic acid groups (broad SMARTS) is 1. The van der Waals surface area contributed by atoms with Crippen molar-refractivity contribution < 1.29 is 14.6 Å². The molecule has 0 radical (unpaired) electrons. The normalized spacial score (nSPS) is 12.9. The van der Waals surface area contributed by atoms with E-state index < -0.39 is 6.09 Å². The lowest BCUT2D eigenvalue weighted by molar-refractivity contribution is 0.105. The van der Waals surface area contributed by atoms with Gasteiger partial charge in [0.1, 0.15) is 11.8 Å². The quantitative estimate of drug-likeness (QED) is 0.319. The van der Waals surface area contributed by atoms with Crippen LogP contribution in [0.1, 0.15) is 35.2 Å². The fourth-order valence-electron chi connectivity index (χ4n) is 4.55. The summed E-state index contributed by atoms with van der Waals surface area (Å²) in [5, 5.41) is 36.5. The Morgan fingerprint density at radius 3 is 2.62 bits per heavy atom. The number of rotatable bonds is 8. The molecule has 13 heteroatoms. The molecule has 0 atom stereocenters. The zero-order chi connectivity index (χ0) is 28.4. The van der Waals surface area contributed by atoms with E-state index in [1.165, 1.54) is 15.6 Å². The maximum atomic E-state index is 11.2. The fraction of sp³-hybridized carbons (Fsp3) is 0.259. The molecule has 0 saturated carbocycles. The number of anilines is 3. The highest BCUT2D eigenvalue weighted by atomic mass is 35.5. The first kappa shape index (κ1) is 26.5. The second kappa shape index (κ2) is 11.0. The van der Waals surface area contributed by atoms with Crippen molar-refractivity contribution >= 4 is 40.8 Å². The average molecular weight is 558 g/mol. The third-order valence-electron chi connectivity index (χ3n) is 6.74. The van der Waals surface area contributed by atoms with E-state index in [0.717, 1.165) is 11.3 Å². The summed E-state index contributed by atoms with van der Waals surface area (Å²) in [5.74, 6) is 1.26. The smallest absolute Gasteiger partial charge is 0.407 e. The van der Waals surface area contributed by atoms with E-state index in [0.29, 0.717) is 46.4 Å². The number of nitrogens with one attached hydrogen (secondary N) is 1. The van der Waals surface area contributed by atoms with Gasteiger partial charge in [-0.05, 0) is 42.3 Å². The fourth-order valence-corrected chi connectivity index (χ4v) is 4.86. The molecule has 3 heterocycles. The SMILES string of the molecule is CCN(Cc1ccc(OC)cc1)c1nc(Nc2cc(C#N)cc(C3CN(C(=O)O)C3)c2Cl)nn2c(C#N)cnc12. The summed E-state index contributed by atoms with van der Waals surface area (Å²) in [6.07, 6.45) is 0.435. The Bertz CT molecular complexity index is 1670. The molecule has 1 aliphatic heterocycles. The van der Waals surface area contributed by atoms with Crippen LogP contribution in [-0.4, -0.2) is 62.4 Å². The Hall–Kier alpha value is -5.07. The number of halogens is 1. The molecule has 5 rings (SSSR count). The van der Waals surface area contributed by atoms with Crippen molar-refractivity contribution in [3.63, 3.8) is 0 Å². The molecule has 40 heavy (non-hydrogen) atoms. The molecule has 0 unspecified atom stereocenters. The van der Waals surface area contributed by atoms with Gasteiger partial charge in [-0.3, -0.25) is 0 Å². The van der Waals surface area contributed by atoms with E-state index >= 15 is 0 Å². The minimum Gasteiger partial charge on any atom is -0.497 e. The van der Waals surface area contributed by atoms with Gasteiger partial charge in [0, 0.05) is 32.1 Å². The minimum absolute atomic E-state index is 0.143. The summed E-state index contributed by atoms with van der Waals surface area (Å²) in [7, 11) is 1.61. The zero-order valence-corrected chi connectivity index (χ0v) is 22.4. The average Bonchev–Trinajstić information content (AvgIpc) is 3.35. The second-order valence-electron chi connectivity index (χ2n) is 9.16. The summed E-state index contributed by atoms with van der Waals surface area (Å²) >= 11 is 6.75. The molecule has 2 N–H and O–H groups in total. The van der Waals surface area contributed by atoms with Gasteiger partial charge in [0.2, 0.25) is 5.95 Å². The number of hydrogen-bond acceptors (Lipinski definition) is 9. The Labute approximate surface area is 234 Å². The number of likely N-dealkylation sites (tertiary alicyclic amines) is 1. The first-order valence-electron chi connectivity index (χ1n) is 12.4. The number of benzene rings is 2. The van der Waals surface area contributed by atoms with Gasteiger partial charge >= 0.3 is 6.09 Å². The van der Waals surface area contributed by atoms with Gasteiger partial charge in [-0.15, -0.1) is 5.10 Å². The van der Waals surface area contributed by atoms with Crippen LogP contribution in [0.15, 0.2) is 42.6 Å². The number of fused-ring (bicyclic) bond motifs is 1. The van der Waals surface area contributed by atoms with Crippen LogP contribution in [-0.2, 0) is 6.54 Å². The molecule has 2 aromatic carbocycles. The number of nitriles is 2. The summed E-state index contributed by atoms with van der Waals surface area (Å²) in [6.45, 7) is 3.66. The number of methoxy groups -OCH3 is 1. The molecule has 0 aliphatic carbocycles. The molecule has 1 aliphatic rings. The van der Waals surface area contributed by atoms with Crippen molar-refractivity contribution in [2.75, 3.05) is 37.0 Å². The first-order valence-corrected chi connectivity index (χ1v) is 12.7. The van der Waals surface area contributed by atoms with Crippen LogP contribution in [0.3, 0.4) is 0 Å². The largest absolute Gasteiger partial charge is 0.497 e. The van der Waals surface area contributed by atoms with Crippen LogP contribution in [0.4, 0.5) is 22.2 Å². The van der Waals surface area contributed by atoms with E-state index in [1.807, 2.05) is 36.1 Å². The molecule has 1 fully saturated rings. The van der Waals surface area contributed by atoms with Crippen molar-refractivity contribution in [1.29, 1.82) is 10.5 Å². The van der Waals surface area contributed by atoms with E-state index in [4.69, 9.17) is 21.3 Å². The number of carbonyl (C=O) groups is 1. The van der Waals surface area contributed by atoms with Gasteiger partial charge < -0.3 is 25.0 Å². The summed E-state index contributed by atoms with van der Waals surface area (Å²) in [6, 6.07) is 15.2. The third kappa shape index (κ3) is 5.00. The van der Waals surface area contributed by atoms with Crippen molar-refractivity contribution in [2.24, 2.45) is 0 Å². The predicted octanol–water partition coefficient (Wildman–Crippen LogP) is 4.38. The van der Waals surface area contributed by atoms with Crippen molar-refractivity contribution in [2.45, 2.75) is 19.4 Å². The highest BCUT2D eigenvalue weighted by Crippen LogP contribution is 2.38. The van der Waals surface area contributed by atoms with Crippen molar-refractivity contribution in [3.05, 3.63) is 70.0 Å². The van der Waals surface area contributed by atoms with E-state index in [2.05, 4.69) is 27.5 Å². The number of hydrogen-bond donors (Lipinski definition) is 2. The number of aromatic nitrogens is 4. The summed E-state index contributed by atoms with van der Waals surface area (Å²) in [4.78, 5) is 23.7. The van der Waals surface area contributed by atoms with E-state index in [-0.39, 0.29) is 30.6 Å². The molecule has 202 valence electrons. The molecule has 2 aromatic heterocycles. The van der Waals surface area contributed by atoms with Gasteiger partial charge in [-0.2, -0.15) is 20.0 Å². The van der Waals surface area contributed by atoms with Crippen LogP contribution in [0.5, 0.6) is 5.75 Å². The van der Waals surface area contributed by atoms with Gasteiger partial charge in [-0.25, -0.2) is 9.78 Å². The van der Waals surface area contributed by atoms with Crippen LogP contribution < -0.4 is 15.0 Å². The Morgan fingerprint density at radius 1 is 1.25 bits per heavy atom. The van der Waals surface area contributed by atoms with Crippen molar-refractivity contribution in [3.8, 4) is 17.9 Å². The molecular formula is C27H24ClN9O3. The maximum absolute atomic E-state index is 11.2. The molecule has 4 aromatic rings. The molecule has 1 saturated heterocycles. The molecule has 0 spiro atoms. The van der Waals surface area contributed by atoms with Gasteiger partial charge in [0.25, 0.3) is 0 Å². The van der Waals surface area contributed by atoms with Gasteiger partial charge in [0.15, 0.2) is 17.2 Å². The van der Waals surface area contributed by atoms with E-state index in [1.54, 1.807) is 19.2 Å². The highest BCUT2D eigenvalue weighted by Gasteiger charge is 2.34. The third-order valence-corrected chi connectivity index (χ3v) is 7.16. The van der Waals surface area contributed by atoms with Crippen LogP contribution in [0.25, 0.3) is 5.65 Å². The highest BCUT2D eigenvalue weighted by molar-refractivity contribution is 6.34. The van der Waals surface area contributed by atoms with Crippen LogP contribution in [0.2, 0.25) is 5.02 Å². The van der Waals surface area contributed by atoms with Crippen LogP contribution >= 0.6 is 11.6 Å². The number of imidazole rings is 1. The molecule has 1 amide bonds. The lowest BCUT2D eigenvalue weighted by Gasteiger charge is -2.38. The maximum Gasteiger partial charge on any atom is 0.407 e. The molecular weight excluding hydrogens is 534 g/mol. The zero-order valence-electron chi connectivity index (χ0n) is 21.7. The number of amides is 1. The standard InChI is InChI=1S/C27H24ClN9O3/c1-3-35(13-16-4-6-20(40-2)7-5-16)25-24-31-12-19(11-30)37(24)34-26(33-25)32-22-9-17(10-29)8-21(23(22)28)18-14-36(15-18)27(38)39/h4-9,12,18H,3,13-15H2,1-2H3,(H,32,34)(H,38,39).